The Morgan fingerprint density at radius 3 is 2.12 bits per heavy atom. The minimum atomic E-state index is 0.175. The summed E-state index contributed by atoms with van der Waals surface area (Å²) in [6.07, 6.45) is 3.96. The van der Waals surface area contributed by atoms with Crippen LogP contribution in [0, 0.1) is 0 Å². The van der Waals surface area contributed by atoms with Crippen LogP contribution in [0.1, 0.15) is 30.9 Å². The molecular formula is C22H22O3. The molecule has 0 atom stereocenters. The maximum atomic E-state index is 12.5. The van der Waals surface area contributed by atoms with Gasteiger partial charge in [-0.3, -0.25) is 4.79 Å². The molecule has 0 unspecified atom stereocenters. The summed E-state index contributed by atoms with van der Waals surface area (Å²) in [6, 6.07) is 12.1. The van der Waals surface area contributed by atoms with Gasteiger partial charge in [-0.25, -0.2) is 0 Å². The van der Waals surface area contributed by atoms with Gasteiger partial charge >= 0.3 is 0 Å². The van der Waals surface area contributed by atoms with Gasteiger partial charge in [0.05, 0.1) is 13.7 Å². The molecule has 3 nitrogen and oxygen atoms in total. The first-order valence-corrected chi connectivity index (χ1v) is 8.95. The zero-order valence-corrected chi connectivity index (χ0v) is 14.7. The third-order valence-electron chi connectivity index (χ3n) is 5.00. The number of rotatable bonds is 5. The zero-order chi connectivity index (χ0) is 17.4. The van der Waals surface area contributed by atoms with Crippen molar-refractivity contribution in [3.8, 4) is 33.8 Å². The van der Waals surface area contributed by atoms with Crippen molar-refractivity contribution in [2.24, 2.45) is 0 Å². The molecule has 0 heterocycles. The van der Waals surface area contributed by atoms with Crippen LogP contribution in [0.25, 0.3) is 22.3 Å². The molecular weight excluding hydrogens is 312 g/mol. The Balaban J connectivity index is 1.71. The van der Waals surface area contributed by atoms with Crippen molar-refractivity contribution in [3.63, 3.8) is 0 Å². The Kier molecular flexibility index (Phi) is 4.08. The average molecular weight is 334 g/mol. The lowest BCUT2D eigenvalue weighted by molar-refractivity contribution is 0.309. The number of methoxy groups -OCH3 is 1. The van der Waals surface area contributed by atoms with E-state index in [4.69, 9.17) is 9.47 Å². The maximum absolute atomic E-state index is 12.5. The standard InChI is InChI=1S/C22H22O3/c1-3-4-11-25-17-8-10-19-15(13-17)6-5-14-12-16(24-2)7-9-18(14)20-21(19)22(20)23/h7-10,12-13H,3-6,11H2,1-2H3. The van der Waals surface area contributed by atoms with E-state index in [0.29, 0.717) is 0 Å². The molecule has 3 aromatic rings. The maximum Gasteiger partial charge on any atom is 0.195 e. The van der Waals surface area contributed by atoms with Gasteiger partial charge < -0.3 is 9.47 Å². The van der Waals surface area contributed by atoms with Gasteiger partial charge in [0.1, 0.15) is 11.5 Å². The predicted molar refractivity (Wildman–Crippen MR) is 100 cm³/mol. The van der Waals surface area contributed by atoms with Gasteiger partial charge in [0.25, 0.3) is 0 Å². The molecule has 0 radical (unpaired) electrons. The summed E-state index contributed by atoms with van der Waals surface area (Å²) >= 11 is 0. The highest BCUT2D eigenvalue weighted by molar-refractivity contribution is 5.96. The molecule has 0 N–H and O–H groups in total. The molecule has 0 spiro atoms. The largest absolute Gasteiger partial charge is 0.497 e. The fourth-order valence-electron chi connectivity index (χ4n) is 3.55. The molecule has 128 valence electrons. The predicted octanol–water partition coefficient (Wildman–Crippen LogP) is 4.54. The molecule has 1 aliphatic carbocycles. The van der Waals surface area contributed by atoms with Gasteiger partial charge in [-0.15, -0.1) is 0 Å². The summed E-state index contributed by atoms with van der Waals surface area (Å²) in [6.45, 7) is 2.89. The van der Waals surface area contributed by atoms with Crippen molar-refractivity contribution >= 4 is 0 Å². The molecule has 1 aliphatic rings. The van der Waals surface area contributed by atoms with Crippen molar-refractivity contribution in [2.75, 3.05) is 13.7 Å². The molecule has 0 saturated heterocycles. The van der Waals surface area contributed by atoms with Gasteiger partial charge in [-0.2, -0.15) is 0 Å². The summed E-state index contributed by atoms with van der Waals surface area (Å²) in [4.78, 5) is 12.5. The van der Waals surface area contributed by atoms with Crippen molar-refractivity contribution in [2.45, 2.75) is 32.6 Å². The van der Waals surface area contributed by atoms with Crippen LogP contribution in [0.5, 0.6) is 11.5 Å². The summed E-state index contributed by atoms with van der Waals surface area (Å²) in [5, 5.41) is 0. The van der Waals surface area contributed by atoms with Crippen LogP contribution in [0.3, 0.4) is 0 Å². The van der Waals surface area contributed by atoms with Gasteiger partial charge in [-0.05, 0) is 65.8 Å². The van der Waals surface area contributed by atoms with E-state index in [9.17, 15) is 4.79 Å². The number of ether oxygens (including phenoxy) is 2. The van der Waals surface area contributed by atoms with Crippen LogP contribution >= 0.6 is 0 Å². The van der Waals surface area contributed by atoms with Crippen LogP contribution in [0.15, 0.2) is 41.2 Å². The average Bonchev–Trinajstić information content (AvgIpc) is 3.28. The first-order chi connectivity index (χ1) is 12.2. The molecule has 0 amide bonds. The van der Waals surface area contributed by atoms with Crippen LogP contribution < -0.4 is 14.9 Å². The van der Waals surface area contributed by atoms with Crippen LogP contribution in [0.2, 0.25) is 0 Å². The molecule has 3 aromatic carbocycles. The van der Waals surface area contributed by atoms with E-state index in [0.717, 1.165) is 66.0 Å². The third kappa shape index (κ3) is 2.84. The van der Waals surface area contributed by atoms with Crippen molar-refractivity contribution in [3.05, 3.63) is 57.7 Å². The summed E-state index contributed by atoms with van der Waals surface area (Å²) < 4.78 is 11.2. The monoisotopic (exact) mass is 334 g/mol. The highest BCUT2D eigenvalue weighted by atomic mass is 16.5. The Hall–Kier alpha value is -2.55. The van der Waals surface area contributed by atoms with Crippen molar-refractivity contribution in [1.29, 1.82) is 0 Å². The Morgan fingerprint density at radius 1 is 0.920 bits per heavy atom. The lowest BCUT2D eigenvalue weighted by Crippen LogP contribution is -2.01. The summed E-state index contributed by atoms with van der Waals surface area (Å²) in [5.74, 6) is 1.74. The number of unbranched alkanes of at least 4 members (excludes halogenated alkanes) is 1. The van der Waals surface area contributed by atoms with E-state index < -0.39 is 0 Å². The number of hydrogen-bond donors (Lipinski definition) is 0. The second-order valence-corrected chi connectivity index (χ2v) is 6.62. The topological polar surface area (TPSA) is 35.5 Å². The van der Waals surface area contributed by atoms with Crippen molar-refractivity contribution in [1.82, 2.24) is 0 Å². The minimum absolute atomic E-state index is 0.175. The molecule has 0 saturated carbocycles. The van der Waals surface area contributed by atoms with E-state index in [-0.39, 0.29) is 5.43 Å². The first kappa shape index (κ1) is 15.9. The van der Waals surface area contributed by atoms with E-state index in [1.165, 1.54) is 11.1 Å². The lowest BCUT2D eigenvalue weighted by atomic mass is 9.91. The highest BCUT2D eigenvalue weighted by Gasteiger charge is 2.30. The fourth-order valence-corrected chi connectivity index (χ4v) is 3.55. The summed E-state index contributed by atoms with van der Waals surface area (Å²) in [5.41, 5.74) is 6.44. The number of hydrogen-bond acceptors (Lipinski definition) is 3. The van der Waals surface area contributed by atoms with Gasteiger partial charge in [-0.1, -0.05) is 25.5 Å². The third-order valence-corrected chi connectivity index (χ3v) is 5.00. The normalized spacial score (nSPS) is 12.7. The van der Waals surface area contributed by atoms with Crippen LogP contribution in [-0.2, 0) is 12.8 Å². The smallest absolute Gasteiger partial charge is 0.195 e. The van der Waals surface area contributed by atoms with Gasteiger partial charge in [0.2, 0.25) is 0 Å². The lowest BCUT2D eigenvalue weighted by Gasteiger charge is -2.15. The fraction of sp³-hybridized carbons (Fsp3) is 0.318. The quantitative estimate of drug-likeness (QED) is 0.643. The van der Waals surface area contributed by atoms with Crippen LogP contribution in [-0.4, -0.2) is 13.7 Å². The van der Waals surface area contributed by atoms with Gasteiger partial charge in [0.15, 0.2) is 5.43 Å². The van der Waals surface area contributed by atoms with E-state index in [1.807, 2.05) is 24.3 Å². The SMILES string of the molecule is CCCCOc1ccc2c(c1)CCc1cc(OC)ccc1-c1c-2c1=O. The van der Waals surface area contributed by atoms with E-state index >= 15 is 0 Å². The molecule has 0 fully saturated rings. The second kappa shape index (κ2) is 6.40. The minimum Gasteiger partial charge on any atom is -0.497 e. The molecule has 25 heavy (non-hydrogen) atoms. The second-order valence-electron chi connectivity index (χ2n) is 6.62. The van der Waals surface area contributed by atoms with E-state index in [2.05, 4.69) is 19.1 Å². The molecule has 0 aromatic heterocycles. The zero-order valence-electron chi connectivity index (χ0n) is 14.7. The van der Waals surface area contributed by atoms with Crippen molar-refractivity contribution < 1.29 is 9.47 Å². The summed E-state index contributed by atoms with van der Waals surface area (Å²) in [7, 11) is 1.67. The van der Waals surface area contributed by atoms with E-state index in [1.54, 1.807) is 7.11 Å². The molecule has 3 heteroatoms. The number of aryl methyl sites for hydroxylation is 2. The number of benzene rings is 2. The Bertz CT molecular complexity index is 929. The first-order valence-electron chi connectivity index (χ1n) is 8.95. The van der Waals surface area contributed by atoms with Gasteiger partial charge in [0, 0.05) is 11.1 Å². The Labute approximate surface area is 147 Å². The molecule has 0 aliphatic heterocycles. The molecule has 4 rings (SSSR count). The van der Waals surface area contributed by atoms with Crippen LogP contribution in [0.4, 0.5) is 0 Å². The Morgan fingerprint density at radius 2 is 1.52 bits per heavy atom. The number of fused-ring (bicyclic) bond motifs is 5. The highest BCUT2D eigenvalue weighted by Crippen LogP contribution is 2.42. The molecule has 0 bridgehead atoms.